The van der Waals surface area contributed by atoms with E-state index in [4.69, 9.17) is 15.3 Å². The van der Waals surface area contributed by atoms with E-state index in [0.29, 0.717) is 21.8 Å². The van der Waals surface area contributed by atoms with E-state index in [2.05, 4.69) is 4.98 Å². The third kappa shape index (κ3) is 2.56. The van der Waals surface area contributed by atoms with Crippen LogP contribution < -0.4 is 20.9 Å². The van der Waals surface area contributed by atoms with Crippen LogP contribution in [0.5, 0.6) is 11.5 Å². The van der Waals surface area contributed by atoms with Crippen LogP contribution in [0.25, 0.3) is 10.9 Å². The number of aromatic nitrogens is 2. The zero-order valence-corrected chi connectivity index (χ0v) is 13.8. The molecule has 24 heavy (non-hydrogen) atoms. The summed E-state index contributed by atoms with van der Waals surface area (Å²) in [5.41, 5.74) is 2.46. The van der Waals surface area contributed by atoms with Gasteiger partial charge in [-0.2, -0.15) is 0 Å². The second kappa shape index (κ2) is 5.76. The van der Waals surface area contributed by atoms with Crippen LogP contribution in [-0.2, 0) is 5.75 Å². The molecule has 1 aromatic heterocycles. The lowest BCUT2D eigenvalue weighted by molar-refractivity contribution is 0.174. The van der Waals surface area contributed by atoms with Gasteiger partial charge in [0.25, 0.3) is 5.56 Å². The lowest BCUT2D eigenvalue weighted by Gasteiger charge is -2.09. The normalized spacial score (nSPS) is 12.7. The van der Waals surface area contributed by atoms with E-state index in [-0.39, 0.29) is 12.4 Å². The Kier molecular flexibility index (Phi) is 3.57. The fraction of sp³-hybridized carbons (Fsp3) is 0.176. The number of rotatable bonds is 3. The van der Waals surface area contributed by atoms with Crippen molar-refractivity contribution in [2.75, 3.05) is 12.6 Å². The Morgan fingerprint density at radius 2 is 2.04 bits per heavy atom. The summed E-state index contributed by atoms with van der Waals surface area (Å²) in [5, 5.41) is 1.01. The van der Waals surface area contributed by atoms with Gasteiger partial charge in [0.1, 0.15) is 0 Å². The van der Waals surface area contributed by atoms with Crippen molar-refractivity contribution in [1.82, 2.24) is 9.66 Å². The van der Waals surface area contributed by atoms with Crippen molar-refractivity contribution in [2.45, 2.75) is 17.8 Å². The van der Waals surface area contributed by atoms with Gasteiger partial charge in [-0.15, -0.1) is 0 Å². The molecule has 0 spiro atoms. The SMILES string of the molecule is Cc1ccc2nc(SCc3ccc4c(c3)OCO4)n(N)c(=O)c2c1. The summed E-state index contributed by atoms with van der Waals surface area (Å²) >= 11 is 1.41. The van der Waals surface area contributed by atoms with Crippen LogP contribution in [0.4, 0.5) is 0 Å². The van der Waals surface area contributed by atoms with Crippen molar-refractivity contribution in [1.29, 1.82) is 0 Å². The van der Waals surface area contributed by atoms with E-state index in [1.807, 2.05) is 37.3 Å². The maximum Gasteiger partial charge on any atom is 0.280 e. The number of thioether (sulfide) groups is 1. The van der Waals surface area contributed by atoms with Gasteiger partial charge < -0.3 is 15.3 Å². The van der Waals surface area contributed by atoms with Gasteiger partial charge in [-0.3, -0.25) is 4.79 Å². The molecule has 4 rings (SSSR count). The van der Waals surface area contributed by atoms with E-state index in [1.54, 1.807) is 6.07 Å². The number of ether oxygens (including phenoxy) is 2. The first kappa shape index (κ1) is 14.9. The molecular formula is C17H15N3O3S. The maximum absolute atomic E-state index is 12.4. The maximum atomic E-state index is 12.4. The Labute approximate surface area is 142 Å². The van der Waals surface area contributed by atoms with Gasteiger partial charge in [-0.25, -0.2) is 9.66 Å². The minimum Gasteiger partial charge on any atom is -0.454 e. The topological polar surface area (TPSA) is 79.4 Å². The monoisotopic (exact) mass is 341 g/mol. The van der Waals surface area contributed by atoms with Gasteiger partial charge in [0.2, 0.25) is 6.79 Å². The predicted molar refractivity (Wildman–Crippen MR) is 93.0 cm³/mol. The summed E-state index contributed by atoms with van der Waals surface area (Å²) < 4.78 is 11.8. The molecule has 2 N–H and O–H groups in total. The molecule has 2 aromatic carbocycles. The third-order valence-corrected chi connectivity index (χ3v) is 4.85. The van der Waals surface area contributed by atoms with Crippen molar-refractivity contribution >= 4 is 22.7 Å². The smallest absolute Gasteiger partial charge is 0.280 e. The molecule has 122 valence electrons. The molecule has 6 nitrogen and oxygen atoms in total. The van der Waals surface area contributed by atoms with Crippen LogP contribution in [0.1, 0.15) is 11.1 Å². The summed E-state index contributed by atoms with van der Waals surface area (Å²) in [6.45, 7) is 2.18. The second-order valence-electron chi connectivity index (χ2n) is 5.57. The van der Waals surface area contributed by atoms with Crippen LogP contribution in [0.2, 0.25) is 0 Å². The van der Waals surface area contributed by atoms with Crippen molar-refractivity contribution in [2.24, 2.45) is 0 Å². The van der Waals surface area contributed by atoms with Gasteiger partial charge in [0, 0.05) is 5.75 Å². The van der Waals surface area contributed by atoms with E-state index in [0.717, 1.165) is 27.3 Å². The highest BCUT2D eigenvalue weighted by molar-refractivity contribution is 7.98. The summed E-state index contributed by atoms with van der Waals surface area (Å²) in [6.07, 6.45) is 0. The first-order chi connectivity index (χ1) is 11.6. The molecule has 0 saturated carbocycles. The van der Waals surface area contributed by atoms with E-state index >= 15 is 0 Å². The minimum atomic E-state index is -0.239. The predicted octanol–water partition coefficient (Wildman–Crippen LogP) is 2.44. The standard InChI is InChI=1S/C17H15N3O3S/c1-10-2-4-13-12(6-10)16(21)20(18)17(19-13)24-8-11-3-5-14-15(7-11)23-9-22-14/h2-7H,8-9,18H2,1H3. The van der Waals surface area contributed by atoms with Gasteiger partial charge in [0.05, 0.1) is 10.9 Å². The number of hydrogen-bond donors (Lipinski definition) is 1. The Hall–Kier alpha value is -2.67. The number of aryl methyl sites for hydroxylation is 1. The molecule has 0 bridgehead atoms. The lowest BCUT2D eigenvalue weighted by Crippen LogP contribution is -2.29. The number of nitrogens with two attached hydrogens (primary N) is 1. The first-order valence-corrected chi connectivity index (χ1v) is 8.40. The Morgan fingerprint density at radius 1 is 1.21 bits per heavy atom. The average molecular weight is 341 g/mol. The van der Waals surface area contributed by atoms with Crippen LogP contribution in [0.3, 0.4) is 0 Å². The van der Waals surface area contributed by atoms with Gasteiger partial charge >= 0.3 is 0 Å². The van der Waals surface area contributed by atoms with Crippen LogP contribution in [0.15, 0.2) is 46.3 Å². The number of benzene rings is 2. The highest BCUT2D eigenvalue weighted by Gasteiger charge is 2.14. The molecule has 3 aromatic rings. The van der Waals surface area contributed by atoms with Crippen LogP contribution in [0, 0.1) is 6.92 Å². The van der Waals surface area contributed by atoms with E-state index in [9.17, 15) is 4.79 Å². The molecule has 1 aliphatic heterocycles. The minimum absolute atomic E-state index is 0.239. The van der Waals surface area contributed by atoms with Crippen molar-refractivity contribution in [3.63, 3.8) is 0 Å². The van der Waals surface area contributed by atoms with Crippen LogP contribution in [-0.4, -0.2) is 16.5 Å². The molecule has 0 amide bonds. The fourth-order valence-corrected chi connectivity index (χ4v) is 3.43. The second-order valence-corrected chi connectivity index (χ2v) is 6.51. The fourth-order valence-electron chi connectivity index (χ4n) is 2.57. The zero-order chi connectivity index (χ0) is 16.7. The number of nitrogens with zero attached hydrogens (tertiary/aromatic N) is 2. The average Bonchev–Trinajstić information content (AvgIpc) is 3.05. The largest absolute Gasteiger partial charge is 0.454 e. The zero-order valence-electron chi connectivity index (χ0n) is 13.0. The van der Waals surface area contributed by atoms with Gasteiger partial charge in [0.15, 0.2) is 16.7 Å². The van der Waals surface area contributed by atoms with Gasteiger partial charge in [-0.05, 0) is 36.8 Å². The third-order valence-electron chi connectivity index (χ3n) is 3.83. The van der Waals surface area contributed by atoms with E-state index in [1.165, 1.54) is 11.8 Å². The molecular weight excluding hydrogens is 326 g/mol. The highest BCUT2D eigenvalue weighted by Crippen LogP contribution is 2.34. The van der Waals surface area contributed by atoms with Crippen molar-refractivity contribution in [3.8, 4) is 11.5 Å². The van der Waals surface area contributed by atoms with Crippen LogP contribution >= 0.6 is 11.8 Å². The summed E-state index contributed by atoms with van der Waals surface area (Å²) in [5.74, 6) is 8.04. The molecule has 0 radical (unpaired) electrons. The highest BCUT2D eigenvalue weighted by atomic mass is 32.2. The summed E-state index contributed by atoms with van der Waals surface area (Å²) in [4.78, 5) is 16.9. The molecule has 0 fully saturated rings. The summed E-state index contributed by atoms with van der Waals surface area (Å²) in [7, 11) is 0. The molecule has 7 heteroatoms. The number of nitrogen functional groups attached to an aromatic ring is 1. The molecule has 2 heterocycles. The van der Waals surface area contributed by atoms with Crippen molar-refractivity contribution < 1.29 is 9.47 Å². The molecule has 0 unspecified atom stereocenters. The van der Waals surface area contributed by atoms with E-state index < -0.39 is 0 Å². The van der Waals surface area contributed by atoms with Crippen molar-refractivity contribution in [3.05, 3.63) is 57.9 Å². The Bertz CT molecular complexity index is 1000. The molecule has 0 saturated heterocycles. The lowest BCUT2D eigenvalue weighted by atomic mass is 10.2. The summed E-state index contributed by atoms with van der Waals surface area (Å²) in [6, 6.07) is 11.4. The molecule has 0 atom stereocenters. The molecule has 1 aliphatic rings. The Morgan fingerprint density at radius 3 is 2.92 bits per heavy atom. The van der Waals surface area contributed by atoms with Gasteiger partial charge in [-0.1, -0.05) is 29.5 Å². The number of hydrogen-bond acceptors (Lipinski definition) is 6. The Balaban J connectivity index is 1.64. The number of fused-ring (bicyclic) bond motifs is 2. The molecule has 0 aliphatic carbocycles. The first-order valence-electron chi connectivity index (χ1n) is 7.41. The quantitative estimate of drug-likeness (QED) is 0.448.